The summed E-state index contributed by atoms with van der Waals surface area (Å²) >= 11 is 0. The molecule has 0 fully saturated rings. The third-order valence-corrected chi connectivity index (χ3v) is 8.25. The molecule has 3 aromatic rings. The first-order valence-corrected chi connectivity index (χ1v) is 18.6. The Balaban J connectivity index is 1.26. The van der Waals surface area contributed by atoms with E-state index in [1.54, 1.807) is 25.3 Å². The Kier molecular flexibility index (Phi) is 20.2. The van der Waals surface area contributed by atoms with E-state index >= 15 is 0 Å². The van der Waals surface area contributed by atoms with Crippen LogP contribution in [-0.2, 0) is 9.47 Å². The molecular formula is C42H58O8. The summed E-state index contributed by atoms with van der Waals surface area (Å²) in [7, 11) is 1.74. The van der Waals surface area contributed by atoms with Crippen molar-refractivity contribution in [2.75, 3.05) is 40.1 Å². The lowest BCUT2D eigenvalue weighted by molar-refractivity contribution is 0.0496. The van der Waals surface area contributed by atoms with Crippen molar-refractivity contribution in [1.29, 1.82) is 0 Å². The monoisotopic (exact) mass is 690 g/mol. The molecule has 0 bridgehead atoms. The van der Waals surface area contributed by atoms with Crippen LogP contribution in [0.5, 0.6) is 28.7 Å². The number of rotatable bonds is 28. The summed E-state index contributed by atoms with van der Waals surface area (Å²) in [5.74, 6) is 3.11. The molecule has 0 unspecified atom stereocenters. The van der Waals surface area contributed by atoms with Gasteiger partial charge in [-0.05, 0) is 125 Å². The Morgan fingerprint density at radius 2 is 0.900 bits per heavy atom. The van der Waals surface area contributed by atoms with E-state index < -0.39 is 5.97 Å². The average molecular weight is 691 g/mol. The van der Waals surface area contributed by atoms with Crippen LogP contribution in [0.2, 0.25) is 0 Å². The van der Waals surface area contributed by atoms with Gasteiger partial charge in [-0.2, -0.15) is 0 Å². The number of carbonyl (C=O) groups is 2. The van der Waals surface area contributed by atoms with Gasteiger partial charge in [0, 0.05) is 19.3 Å². The molecule has 0 aliphatic rings. The van der Waals surface area contributed by atoms with Gasteiger partial charge in [-0.25, -0.2) is 4.79 Å². The molecule has 0 aliphatic heterocycles. The van der Waals surface area contributed by atoms with Crippen molar-refractivity contribution >= 4 is 11.8 Å². The van der Waals surface area contributed by atoms with Crippen LogP contribution < -0.4 is 18.9 Å². The van der Waals surface area contributed by atoms with Gasteiger partial charge in [0.1, 0.15) is 28.7 Å². The second kappa shape index (κ2) is 25.0. The van der Waals surface area contributed by atoms with Crippen LogP contribution in [0.4, 0.5) is 0 Å². The first kappa shape index (κ1) is 40.4. The predicted octanol–water partition coefficient (Wildman–Crippen LogP) is 10.8. The molecule has 0 atom stereocenters. The first-order chi connectivity index (χ1) is 24.5. The Labute approximate surface area is 299 Å². The van der Waals surface area contributed by atoms with Gasteiger partial charge in [0.25, 0.3) is 0 Å². The molecule has 0 radical (unpaired) electrons. The van der Waals surface area contributed by atoms with Gasteiger partial charge >= 0.3 is 5.97 Å². The first-order valence-electron chi connectivity index (χ1n) is 18.6. The van der Waals surface area contributed by atoms with Gasteiger partial charge < -0.3 is 28.4 Å². The molecule has 0 heterocycles. The molecule has 0 saturated carbocycles. The van der Waals surface area contributed by atoms with Crippen molar-refractivity contribution in [3.8, 4) is 28.7 Å². The molecular weight excluding hydrogens is 632 g/mol. The van der Waals surface area contributed by atoms with Crippen LogP contribution in [0.3, 0.4) is 0 Å². The Morgan fingerprint density at radius 1 is 0.480 bits per heavy atom. The van der Waals surface area contributed by atoms with E-state index in [9.17, 15) is 9.59 Å². The van der Waals surface area contributed by atoms with E-state index in [0.29, 0.717) is 43.3 Å². The van der Waals surface area contributed by atoms with Crippen LogP contribution in [0.15, 0.2) is 66.7 Å². The second-order valence-corrected chi connectivity index (χ2v) is 12.6. The number of hydrogen-bond donors (Lipinski definition) is 0. The van der Waals surface area contributed by atoms with Crippen LogP contribution in [0.1, 0.15) is 124 Å². The minimum atomic E-state index is -0.435. The Hall–Kier alpha value is -4.04. The topological polar surface area (TPSA) is 89.5 Å². The minimum Gasteiger partial charge on any atom is -0.494 e. The minimum absolute atomic E-state index is 0.112. The molecule has 50 heavy (non-hydrogen) atoms. The highest BCUT2D eigenvalue weighted by atomic mass is 16.5. The highest BCUT2D eigenvalue weighted by Crippen LogP contribution is 2.26. The van der Waals surface area contributed by atoms with Crippen LogP contribution >= 0.6 is 0 Å². The second-order valence-electron chi connectivity index (χ2n) is 12.6. The van der Waals surface area contributed by atoms with Crippen LogP contribution in [0, 0.1) is 0 Å². The van der Waals surface area contributed by atoms with Gasteiger partial charge in [0.2, 0.25) is 0 Å². The quantitative estimate of drug-likeness (QED) is 0.0422. The zero-order valence-electron chi connectivity index (χ0n) is 30.6. The maximum atomic E-state index is 12.7. The lowest BCUT2D eigenvalue weighted by Gasteiger charge is -2.11. The van der Waals surface area contributed by atoms with Crippen molar-refractivity contribution in [3.05, 3.63) is 77.9 Å². The molecule has 0 saturated heterocycles. The Morgan fingerprint density at radius 3 is 1.40 bits per heavy atom. The van der Waals surface area contributed by atoms with Crippen molar-refractivity contribution in [2.24, 2.45) is 0 Å². The number of hydrogen-bond acceptors (Lipinski definition) is 8. The number of Topliss-reactive ketones (excluding diaryl/α,β-unsaturated/α-hetero) is 1. The number of esters is 1. The summed E-state index contributed by atoms with van der Waals surface area (Å²) in [5.41, 5.74) is 0.797. The number of ketones is 1. The third-order valence-electron chi connectivity index (χ3n) is 8.25. The smallest absolute Gasteiger partial charge is 0.338 e. The summed E-state index contributed by atoms with van der Waals surface area (Å²) in [6.07, 6.45) is 15.0. The largest absolute Gasteiger partial charge is 0.494 e. The number of ether oxygens (including phenoxy) is 6. The van der Waals surface area contributed by atoms with E-state index in [2.05, 4.69) is 6.92 Å². The lowest BCUT2D eigenvalue weighted by atomic mass is 10.1. The van der Waals surface area contributed by atoms with E-state index in [1.807, 2.05) is 48.5 Å². The number of methoxy groups -OCH3 is 1. The van der Waals surface area contributed by atoms with Gasteiger partial charge in [-0.15, -0.1) is 0 Å². The molecule has 3 rings (SSSR count). The standard InChI is InChI=1S/C42H58O8/c1-4-5-6-7-8-14-29-48-41-32-35(34(2)43)31-36(33-41)42(44)49-30-17-12-11-16-28-47-38-20-24-40(25-21-38)50-39-22-18-37(19-23-39)46-27-15-10-9-13-26-45-3/h18-25,31-33H,4-17,26-30H2,1-3H3. The zero-order chi connectivity index (χ0) is 35.7. The lowest BCUT2D eigenvalue weighted by Crippen LogP contribution is -2.09. The fraction of sp³-hybridized carbons (Fsp3) is 0.524. The normalized spacial score (nSPS) is 10.9. The summed E-state index contributed by atoms with van der Waals surface area (Å²) in [5, 5.41) is 0. The molecule has 8 heteroatoms. The van der Waals surface area contributed by atoms with E-state index in [-0.39, 0.29) is 5.78 Å². The molecule has 0 aromatic heterocycles. The van der Waals surface area contributed by atoms with Gasteiger partial charge in [-0.1, -0.05) is 45.4 Å². The molecule has 3 aromatic carbocycles. The van der Waals surface area contributed by atoms with Crippen LogP contribution in [0.25, 0.3) is 0 Å². The molecule has 8 nitrogen and oxygen atoms in total. The summed E-state index contributed by atoms with van der Waals surface area (Å²) < 4.78 is 34.2. The average Bonchev–Trinajstić information content (AvgIpc) is 3.13. The van der Waals surface area contributed by atoms with Gasteiger partial charge in [0.05, 0.1) is 32.0 Å². The van der Waals surface area contributed by atoms with Gasteiger partial charge in [0.15, 0.2) is 5.78 Å². The molecule has 0 aliphatic carbocycles. The van der Waals surface area contributed by atoms with E-state index in [1.165, 1.54) is 32.6 Å². The predicted molar refractivity (Wildman–Crippen MR) is 198 cm³/mol. The van der Waals surface area contributed by atoms with E-state index in [4.69, 9.17) is 28.4 Å². The fourth-order valence-corrected chi connectivity index (χ4v) is 5.31. The van der Waals surface area contributed by atoms with Crippen molar-refractivity contribution in [1.82, 2.24) is 0 Å². The number of benzene rings is 3. The molecule has 0 N–H and O–H groups in total. The zero-order valence-corrected chi connectivity index (χ0v) is 30.6. The SMILES string of the molecule is CCCCCCCCOc1cc(C(C)=O)cc(C(=O)OCCCCCCOc2ccc(Oc3ccc(OCCCCCCOC)cc3)cc2)c1. The molecule has 0 amide bonds. The summed E-state index contributed by atoms with van der Waals surface area (Å²) in [4.78, 5) is 24.8. The Bertz CT molecular complexity index is 1350. The summed E-state index contributed by atoms with van der Waals surface area (Å²) in [6.45, 7) is 6.72. The van der Waals surface area contributed by atoms with Crippen molar-refractivity contribution in [2.45, 2.75) is 104 Å². The number of carbonyl (C=O) groups excluding carboxylic acids is 2. The highest BCUT2D eigenvalue weighted by Gasteiger charge is 2.13. The van der Waals surface area contributed by atoms with Gasteiger partial charge in [-0.3, -0.25) is 4.79 Å². The van der Waals surface area contributed by atoms with Crippen molar-refractivity contribution in [3.63, 3.8) is 0 Å². The van der Waals surface area contributed by atoms with E-state index in [0.717, 1.165) is 93.8 Å². The van der Waals surface area contributed by atoms with Crippen molar-refractivity contribution < 1.29 is 38.0 Å². The third kappa shape index (κ3) is 17.1. The highest BCUT2D eigenvalue weighted by molar-refractivity contribution is 5.98. The maximum absolute atomic E-state index is 12.7. The molecule has 274 valence electrons. The fourth-order valence-electron chi connectivity index (χ4n) is 5.31. The summed E-state index contributed by atoms with van der Waals surface area (Å²) in [6, 6.07) is 20.2. The number of unbranched alkanes of at least 4 members (excludes halogenated alkanes) is 11. The van der Waals surface area contributed by atoms with Crippen LogP contribution in [-0.4, -0.2) is 51.9 Å². The maximum Gasteiger partial charge on any atom is 0.338 e. The molecule has 0 spiro atoms.